The number of amides is 1. The Morgan fingerprint density at radius 3 is 2.86 bits per heavy atom. The van der Waals surface area contributed by atoms with Crippen molar-refractivity contribution in [1.29, 1.82) is 0 Å². The molecule has 1 aromatic carbocycles. The highest BCUT2D eigenvalue weighted by molar-refractivity contribution is 6.34. The van der Waals surface area contributed by atoms with E-state index < -0.39 is 6.04 Å². The SMILES string of the molecule is CCC(C)C(N)C(=O)Nc1cc2cc[nH]c(=O)c2cc1Cl. The van der Waals surface area contributed by atoms with Crippen molar-refractivity contribution in [1.82, 2.24) is 4.98 Å². The summed E-state index contributed by atoms with van der Waals surface area (Å²) in [6.07, 6.45) is 2.37. The van der Waals surface area contributed by atoms with Crippen molar-refractivity contribution in [3.63, 3.8) is 0 Å². The number of halogens is 1. The quantitative estimate of drug-likeness (QED) is 0.811. The molecule has 2 rings (SSSR count). The number of pyridine rings is 1. The normalized spacial score (nSPS) is 13.9. The Bertz CT molecular complexity index is 726. The van der Waals surface area contributed by atoms with E-state index in [1.54, 1.807) is 24.4 Å². The monoisotopic (exact) mass is 307 g/mol. The fourth-order valence-electron chi connectivity index (χ4n) is 2.03. The van der Waals surface area contributed by atoms with Crippen LogP contribution in [0.25, 0.3) is 10.8 Å². The number of nitrogens with one attached hydrogen (secondary N) is 2. The van der Waals surface area contributed by atoms with Gasteiger partial charge in [-0.2, -0.15) is 0 Å². The molecule has 2 atom stereocenters. The number of nitrogens with two attached hydrogens (primary N) is 1. The summed E-state index contributed by atoms with van der Waals surface area (Å²) in [5, 5.41) is 4.22. The number of hydrogen-bond donors (Lipinski definition) is 3. The summed E-state index contributed by atoms with van der Waals surface area (Å²) >= 11 is 6.13. The number of benzene rings is 1. The summed E-state index contributed by atoms with van der Waals surface area (Å²) in [5.74, 6) is -0.206. The van der Waals surface area contributed by atoms with E-state index in [0.29, 0.717) is 21.5 Å². The van der Waals surface area contributed by atoms with Crippen LogP contribution in [-0.4, -0.2) is 16.9 Å². The van der Waals surface area contributed by atoms with Crippen molar-refractivity contribution in [3.05, 3.63) is 39.8 Å². The molecule has 2 aromatic rings. The summed E-state index contributed by atoms with van der Waals surface area (Å²) in [6.45, 7) is 3.90. The number of carbonyl (C=O) groups excluding carboxylic acids is 1. The van der Waals surface area contributed by atoms with Gasteiger partial charge in [0.2, 0.25) is 5.91 Å². The summed E-state index contributed by atoms with van der Waals surface area (Å²) in [4.78, 5) is 26.4. The van der Waals surface area contributed by atoms with Crippen LogP contribution < -0.4 is 16.6 Å². The van der Waals surface area contributed by atoms with Crippen molar-refractivity contribution < 1.29 is 4.79 Å². The molecule has 1 amide bonds. The zero-order valence-corrected chi connectivity index (χ0v) is 12.7. The summed E-state index contributed by atoms with van der Waals surface area (Å²) < 4.78 is 0. The predicted molar refractivity (Wildman–Crippen MR) is 85.6 cm³/mol. The van der Waals surface area contributed by atoms with Gasteiger partial charge in [0.1, 0.15) is 0 Å². The maximum atomic E-state index is 12.1. The second-order valence-electron chi connectivity index (χ2n) is 5.13. The van der Waals surface area contributed by atoms with E-state index in [2.05, 4.69) is 10.3 Å². The lowest BCUT2D eigenvalue weighted by atomic mass is 9.99. The Morgan fingerprint density at radius 1 is 1.48 bits per heavy atom. The molecule has 0 spiro atoms. The van der Waals surface area contributed by atoms with Crippen LogP contribution in [0.2, 0.25) is 5.02 Å². The van der Waals surface area contributed by atoms with Gasteiger partial charge >= 0.3 is 0 Å². The molecule has 5 nitrogen and oxygen atoms in total. The largest absolute Gasteiger partial charge is 0.329 e. The third-order valence-corrected chi connectivity index (χ3v) is 3.99. The first-order valence-corrected chi connectivity index (χ1v) is 7.19. The molecule has 1 aromatic heterocycles. The second-order valence-corrected chi connectivity index (χ2v) is 5.53. The zero-order chi connectivity index (χ0) is 15.6. The fourth-order valence-corrected chi connectivity index (χ4v) is 2.24. The number of fused-ring (bicyclic) bond motifs is 1. The Balaban J connectivity index is 2.33. The third-order valence-electron chi connectivity index (χ3n) is 3.68. The molecule has 4 N–H and O–H groups in total. The van der Waals surface area contributed by atoms with Crippen molar-refractivity contribution in [3.8, 4) is 0 Å². The molecule has 2 unspecified atom stereocenters. The van der Waals surface area contributed by atoms with E-state index in [0.717, 1.165) is 6.42 Å². The van der Waals surface area contributed by atoms with Crippen molar-refractivity contribution in [2.24, 2.45) is 11.7 Å². The molecular weight excluding hydrogens is 290 g/mol. The van der Waals surface area contributed by atoms with Crippen LogP contribution in [0.5, 0.6) is 0 Å². The molecule has 112 valence electrons. The standard InChI is InChI=1S/C15H18ClN3O2/c1-3-8(2)13(17)15(21)19-12-6-9-4-5-18-14(20)10(9)7-11(12)16/h4-8,13H,3,17H2,1-2H3,(H,18,20)(H,19,21). The Labute approximate surface area is 127 Å². The summed E-state index contributed by atoms with van der Waals surface area (Å²) in [5.41, 5.74) is 6.13. The summed E-state index contributed by atoms with van der Waals surface area (Å²) in [6, 6.07) is 4.37. The minimum absolute atomic E-state index is 0.0760. The lowest BCUT2D eigenvalue weighted by Crippen LogP contribution is -2.40. The van der Waals surface area contributed by atoms with Crippen LogP contribution in [0.4, 0.5) is 5.69 Å². The highest BCUT2D eigenvalue weighted by atomic mass is 35.5. The van der Waals surface area contributed by atoms with Crippen LogP contribution in [0.15, 0.2) is 29.2 Å². The minimum Gasteiger partial charge on any atom is -0.329 e. The van der Waals surface area contributed by atoms with E-state index in [4.69, 9.17) is 17.3 Å². The zero-order valence-electron chi connectivity index (χ0n) is 11.9. The van der Waals surface area contributed by atoms with E-state index in [9.17, 15) is 9.59 Å². The van der Waals surface area contributed by atoms with Crippen LogP contribution >= 0.6 is 11.6 Å². The highest BCUT2D eigenvalue weighted by Gasteiger charge is 2.20. The van der Waals surface area contributed by atoms with Gasteiger partial charge in [0.05, 0.1) is 16.8 Å². The van der Waals surface area contributed by atoms with Crippen LogP contribution in [0.1, 0.15) is 20.3 Å². The minimum atomic E-state index is -0.596. The van der Waals surface area contributed by atoms with Crippen molar-refractivity contribution in [2.75, 3.05) is 5.32 Å². The van der Waals surface area contributed by atoms with Gasteiger partial charge in [-0.3, -0.25) is 9.59 Å². The predicted octanol–water partition coefficient (Wildman–Crippen LogP) is 2.49. The number of aromatic nitrogens is 1. The molecule has 0 bridgehead atoms. The van der Waals surface area contributed by atoms with Gasteiger partial charge in [-0.15, -0.1) is 0 Å². The topological polar surface area (TPSA) is 88.0 Å². The summed E-state index contributed by atoms with van der Waals surface area (Å²) in [7, 11) is 0. The Kier molecular flexibility index (Phi) is 4.65. The Morgan fingerprint density at radius 2 is 2.19 bits per heavy atom. The molecular formula is C15H18ClN3O2. The molecule has 0 radical (unpaired) electrons. The third kappa shape index (κ3) is 3.25. The molecule has 0 aliphatic heterocycles. The molecule has 6 heteroatoms. The fraction of sp³-hybridized carbons (Fsp3) is 0.333. The van der Waals surface area contributed by atoms with Gasteiger partial charge in [0.25, 0.3) is 5.56 Å². The first-order valence-electron chi connectivity index (χ1n) is 6.81. The molecule has 0 saturated heterocycles. The molecule has 0 aliphatic carbocycles. The first-order chi connectivity index (χ1) is 9.93. The number of anilines is 1. The molecule has 0 saturated carbocycles. The lowest BCUT2D eigenvalue weighted by Gasteiger charge is -2.18. The molecule has 21 heavy (non-hydrogen) atoms. The first kappa shape index (κ1) is 15.5. The molecule has 1 heterocycles. The second kappa shape index (κ2) is 6.28. The lowest BCUT2D eigenvalue weighted by molar-refractivity contribution is -0.118. The number of carbonyl (C=O) groups is 1. The van der Waals surface area contributed by atoms with E-state index in [1.807, 2.05) is 13.8 Å². The average molecular weight is 308 g/mol. The maximum absolute atomic E-state index is 12.1. The van der Waals surface area contributed by atoms with Crippen LogP contribution in [0, 0.1) is 5.92 Å². The average Bonchev–Trinajstić information content (AvgIpc) is 2.47. The maximum Gasteiger partial charge on any atom is 0.255 e. The van der Waals surface area contributed by atoms with E-state index >= 15 is 0 Å². The van der Waals surface area contributed by atoms with Gasteiger partial charge < -0.3 is 16.0 Å². The van der Waals surface area contributed by atoms with Crippen LogP contribution in [0.3, 0.4) is 0 Å². The van der Waals surface area contributed by atoms with Gasteiger partial charge in [-0.1, -0.05) is 31.9 Å². The van der Waals surface area contributed by atoms with Crippen molar-refractivity contribution >= 4 is 34.0 Å². The van der Waals surface area contributed by atoms with Gasteiger partial charge in [-0.25, -0.2) is 0 Å². The van der Waals surface area contributed by atoms with E-state index in [-0.39, 0.29) is 17.4 Å². The van der Waals surface area contributed by atoms with E-state index in [1.165, 1.54) is 0 Å². The molecule has 0 aliphatic rings. The Hall–Kier alpha value is -1.85. The molecule has 0 fully saturated rings. The van der Waals surface area contributed by atoms with Crippen LogP contribution in [-0.2, 0) is 4.79 Å². The number of rotatable bonds is 4. The van der Waals surface area contributed by atoms with Gasteiger partial charge in [0, 0.05) is 11.6 Å². The number of H-pyrrole nitrogens is 1. The van der Waals surface area contributed by atoms with Gasteiger partial charge in [0.15, 0.2) is 0 Å². The number of hydrogen-bond acceptors (Lipinski definition) is 3. The highest BCUT2D eigenvalue weighted by Crippen LogP contribution is 2.26. The van der Waals surface area contributed by atoms with Crippen molar-refractivity contribution in [2.45, 2.75) is 26.3 Å². The van der Waals surface area contributed by atoms with Gasteiger partial charge in [-0.05, 0) is 29.5 Å². The number of aromatic amines is 1. The smallest absolute Gasteiger partial charge is 0.255 e.